The maximum absolute atomic E-state index is 5.84. The van der Waals surface area contributed by atoms with Crippen molar-refractivity contribution in [3.8, 4) is 0 Å². The molecule has 0 heterocycles. The highest BCUT2D eigenvalue weighted by molar-refractivity contribution is 6.30. The van der Waals surface area contributed by atoms with Crippen LogP contribution in [0, 0.1) is 0 Å². The van der Waals surface area contributed by atoms with Crippen LogP contribution in [0.3, 0.4) is 0 Å². The number of nitrogens with one attached hydrogen (secondary N) is 1. The molecule has 0 saturated heterocycles. The average molecular weight is 280 g/mol. The molecular weight excluding hydrogens is 265 g/mol. The van der Waals surface area contributed by atoms with Gasteiger partial charge in [0.1, 0.15) is 0 Å². The molecule has 0 aliphatic carbocycles. The molecule has 1 nitrogen and oxygen atoms in total. The summed E-state index contributed by atoms with van der Waals surface area (Å²) in [5, 5.41) is 4.14. The van der Waals surface area contributed by atoms with E-state index in [1.54, 1.807) is 0 Å². The van der Waals surface area contributed by atoms with Gasteiger partial charge in [0, 0.05) is 23.1 Å². The summed E-state index contributed by atoms with van der Waals surface area (Å²) in [5.41, 5.74) is 3.59. The van der Waals surface area contributed by atoms with E-state index in [0.717, 1.165) is 23.7 Å². The van der Waals surface area contributed by atoms with Crippen molar-refractivity contribution >= 4 is 28.9 Å². The van der Waals surface area contributed by atoms with Crippen LogP contribution in [-0.2, 0) is 13.0 Å². The molecule has 0 bridgehead atoms. The highest BCUT2D eigenvalue weighted by atomic mass is 35.5. The van der Waals surface area contributed by atoms with Crippen molar-refractivity contribution < 1.29 is 0 Å². The Morgan fingerprint density at radius 2 is 1.44 bits per heavy atom. The van der Waals surface area contributed by atoms with E-state index in [9.17, 15) is 0 Å². The van der Waals surface area contributed by atoms with Gasteiger partial charge in [0.15, 0.2) is 0 Å². The van der Waals surface area contributed by atoms with Crippen LogP contribution in [0.4, 0.5) is 5.69 Å². The zero-order chi connectivity index (χ0) is 12.8. The lowest BCUT2D eigenvalue weighted by atomic mass is 10.1. The minimum atomic E-state index is 0.664. The predicted octanol–water partition coefficient (Wildman–Crippen LogP) is 4.73. The fourth-order valence-corrected chi connectivity index (χ4v) is 2.05. The third-order valence-corrected chi connectivity index (χ3v) is 3.19. The zero-order valence-corrected chi connectivity index (χ0v) is 11.5. The Hall–Kier alpha value is -1.18. The minimum Gasteiger partial charge on any atom is -0.381 e. The van der Waals surface area contributed by atoms with Crippen LogP contribution in [0.2, 0.25) is 5.02 Å². The van der Waals surface area contributed by atoms with Crippen LogP contribution in [-0.4, -0.2) is 5.88 Å². The molecular formula is C15H15Cl2N. The monoisotopic (exact) mass is 279 g/mol. The Kier molecular flexibility index (Phi) is 4.91. The Balaban J connectivity index is 1.91. The third kappa shape index (κ3) is 3.94. The first-order chi connectivity index (χ1) is 8.78. The third-order valence-electron chi connectivity index (χ3n) is 2.75. The van der Waals surface area contributed by atoms with Crippen molar-refractivity contribution in [2.24, 2.45) is 0 Å². The quantitative estimate of drug-likeness (QED) is 0.780. The van der Waals surface area contributed by atoms with E-state index in [-0.39, 0.29) is 0 Å². The number of rotatable bonds is 5. The SMILES string of the molecule is ClCCc1ccc(NCc2ccc(Cl)cc2)cc1. The molecule has 2 aromatic carbocycles. The molecule has 0 saturated carbocycles. The highest BCUT2D eigenvalue weighted by Crippen LogP contribution is 2.14. The van der Waals surface area contributed by atoms with E-state index in [1.165, 1.54) is 11.1 Å². The van der Waals surface area contributed by atoms with E-state index in [2.05, 4.69) is 29.6 Å². The summed E-state index contributed by atoms with van der Waals surface area (Å²) in [7, 11) is 0. The van der Waals surface area contributed by atoms with E-state index in [0.29, 0.717) is 5.88 Å². The Morgan fingerprint density at radius 1 is 0.833 bits per heavy atom. The van der Waals surface area contributed by atoms with Gasteiger partial charge < -0.3 is 5.32 Å². The summed E-state index contributed by atoms with van der Waals surface area (Å²) in [6.45, 7) is 0.798. The second-order valence-corrected chi connectivity index (χ2v) is 4.93. The maximum Gasteiger partial charge on any atom is 0.0406 e. The zero-order valence-electron chi connectivity index (χ0n) is 10.00. The molecule has 0 radical (unpaired) electrons. The van der Waals surface area contributed by atoms with Gasteiger partial charge in [0.2, 0.25) is 0 Å². The van der Waals surface area contributed by atoms with Crippen molar-refractivity contribution in [1.29, 1.82) is 0 Å². The van der Waals surface area contributed by atoms with E-state index >= 15 is 0 Å². The molecule has 3 heteroatoms. The normalized spacial score (nSPS) is 10.3. The lowest BCUT2D eigenvalue weighted by Gasteiger charge is -2.07. The van der Waals surface area contributed by atoms with Gasteiger partial charge in [-0.15, -0.1) is 11.6 Å². The van der Waals surface area contributed by atoms with Gasteiger partial charge in [-0.25, -0.2) is 0 Å². The molecule has 0 aliphatic rings. The summed E-state index contributed by atoms with van der Waals surface area (Å²) in [4.78, 5) is 0. The van der Waals surface area contributed by atoms with Crippen LogP contribution in [0.15, 0.2) is 48.5 Å². The molecule has 2 aromatic rings. The second-order valence-electron chi connectivity index (χ2n) is 4.12. The molecule has 0 aliphatic heterocycles. The van der Waals surface area contributed by atoms with Gasteiger partial charge in [-0.3, -0.25) is 0 Å². The molecule has 18 heavy (non-hydrogen) atoms. The number of aryl methyl sites for hydroxylation is 1. The van der Waals surface area contributed by atoms with Crippen LogP contribution >= 0.6 is 23.2 Å². The van der Waals surface area contributed by atoms with Gasteiger partial charge in [-0.1, -0.05) is 35.9 Å². The highest BCUT2D eigenvalue weighted by Gasteiger charge is 1.96. The molecule has 0 fully saturated rings. The summed E-state index contributed by atoms with van der Waals surface area (Å²) in [6.07, 6.45) is 0.916. The van der Waals surface area contributed by atoms with Crippen molar-refractivity contribution in [1.82, 2.24) is 0 Å². The largest absolute Gasteiger partial charge is 0.381 e. The van der Waals surface area contributed by atoms with E-state index < -0.39 is 0 Å². The molecule has 0 atom stereocenters. The number of alkyl halides is 1. The Bertz CT molecular complexity index is 477. The topological polar surface area (TPSA) is 12.0 Å². The number of halogens is 2. The van der Waals surface area contributed by atoms with E-state index in [4.69, 9.17) is 23.2 Å². The summed E-state index contributed by atoms with van der Waals surface area (Å²) in [6, 6.07) is 16.2. The van der Waals surface area contributed by atoms with Gasteiger partial charge in [-0.2, -0.15) is 0 Å². The number of anilines is 1. The van der Waals surface area contributed by atoms with Crippen LogP contribution in [0.5, 0.6) is 0 Å². The molecule has 0 aromatic heterocycles. The average Bonchev–Trinajstić information content (AvgIpc) is 2.40. The maximum atomic E-state index is 5.84. The van der Waals surface area contributed by atoms with Crippen LogP contribution in [0.25, 0.3) is 0 Å². The Morgan fingerprint density at radius 3 is 2.06 bits per heavy atom. The van der Waals surface area contributed by atoms with Gasteiger partial charge >= 0.3 is 0 Å². The fraction of sp³-hybridized carbons (Fsp3) is 0.200. The van der Waals surface area contributed by atoms with Crippen LogP contribution in [0.1, 0.15) is 11.1 Å². The van der Waals surface area contributed by atoms with Gasteiger partial charge in [0.05, 0.1) is 0 Å². The number of hydrogen-bond donors (Lipinski definition) is 1. The van der Waals surface area contributed by atoms with Crippen molar-refractivity contribution in [3.63, 3.8) is 0 Å². The van der Waals surface area contributed by atoms with Crippen molar-refractivity contribution in [2.75, 3.05) is 11.2 Å². The lowest BCUT2D eigenvalue weighted by molar-refractivity contribution is 1.13. The molecule has 0 unspecified atom stereocenters. The summed E-state index contributed by atoms with van der Waals surface area (Å²) in [5.74, 6) is 0.664. The Labute approximate surface area is 118 Å². The first-order valence-corrected chi connectivity index (χ1v) is 6.82. The fourth-order valence-electron chi connectivity index (χ4n) is 1.70. The predicted molar refractivity (Wildman–Crippen MR) is 79.6 cm³/mol. The van der Waals surface area contributed by atoms with Gasteiger partial charge in [-0.05, 0) is 41.8 Å². The first kappa shape index (κ1) is 13.3. The summed E-state index contributed by atoms with van der Waals surface area (Å²) >= 11 is 11.5. The van der Waals surface area contributed by atoms with E-state index in [1.807, 2.05) is 24.3 Å². The van der Waals surface area contributed by atoms with Crippen LogP contribution < -0.4 is 5.32 Å². The molecule has 0 amide bonds. The molecule has 94 valence electrons. The van der Waals surface area contributed by atoms with Crippen molar-refractivity contribution in [3.05, 3.63) is 64.7 Å². The number of benzene rings is 2. The first-order valence-electron chi connectivity index (χ1n) is 5.91. The molecule has 1 N–H and O–H groups in total. The summed E-state index contributed by atoms with van der Waals surface area (Å²) < 4.78 is 0. The number of hydrogen-bond acceptors (Lipinski definition) is 1. The standard InChI is InChI=1S/C15H15Cl2N/c16-10-9-12-3-7-15(8-4-12)18-11-13-1-5-14(17)6-2-13/h1-8,18H,9-11H2. The van der Waals surface area contributed by atoms with Gasteiger partial charge in [0.25, 0.3) is 0 Å². The molecule has 2 rings (SSSR count). The second kappa shape index (κ2) is 6.67. The van der Waals surface area contributed by atoms with Crippen molar-refractivity contribution in [2.45, 2.75) is 13.0 Å². The smallest absolute Gasteiger partial charge is 0.0406 e. The molecule has 0 spiro atoms. The lowest BCUT2D eigenvalue weighted by Crippen LogP contribution is -1.99. The minimum absolute atomic E-state index is 0.664.